The van der Waals surface area contributed by atoms with Crippen LogP contribution < -0.4 is 4.65 Å². The van der Waals surface area contributed by atoms with Crippen LogP contribution in [0.3, 0.4) is 0 Å². The average molecular weight is 176 g/mol. The summed E-state index contributed by atoms with van der Waals surface area (Å²) in [5.74, 6) is 1.56. The summed E-state index contributed by atoms with van der Waals surface area (Å²) in [6.07, 6.45) is 0.818. The zero-order valence-corrected chi connectivity index (χ0v) is 7.82. The molecular weight excluding hydrogens is 163 g/mol. The molecule has 0 radical (unpaired) electrons. The van der Waals surface area contributed by atoms with E-state index in [0.29, 0.717) is 0 Å². The van der Waals surface area contributed by atoms with Crippen LogP contribution in [-0.2, 0) is 4.65 Å². The van der Waals surface area contributed by atoms with Crippen LogP contribution in [0.5, 0.6) is 5.75 Å². The molecule has 0 N–H and O–H groups in total. The van der Waals surface area contributed by atoms with Crippen molar-refractivity contribution in [3.63, 3.8) is 0 Å². The second-order valence-corrected chi connectivity index (χ2v) is 2.61. The summed E-state index contributed by atoms with van der Waals surface area (Å²) in [4.78, 5) is 0. The monoisotopic (exact) mass is 176 g/mol. The number of hydrogen-bond donors (Lipinski definition) is 0. The number of para-hydroxylation sites is 1. The van der Waals surface area contributed by atoms with Crippen molar-refractivity contribution in [3.8, 4) is 5.75 Å². The van der Waals surface area contributed by atoms with Crippen molar-refractivity contribution in [2.75, 3.05) is 0 Å². The lowest BCUT2D eigenvalue weighted by Gasteiger charge is -2.07. The van der Waals surface area contributed by atoms with Crippen LogP contribution in [0.4, 0.5) is 0 Å². The highest BCUT2D eigenvalue weighted by molar-refractivity contribution is 6.19. The number of benzene rings is 1. The first-order valence-electron chi connectivity index (χ1n) is 4.31. The van der Waals surface area contributed by atoms with E-state index in [1.165, 1.54) is 0 Å². The smallest absolute Gasteiger partial charge is 0.533 e. The Morgan fingerprint density at radius 1 is 1.38 bits per heavy atom. The van der Waals surface area contributed by atoms with Crippen molar-refractivity contribution in [3.05, 3.63) is 42.7 Å². The van der Waals surface area contributed by atoms with E-state index < -0.39 is 0 Å². The Bertz CT molecular complexity index is 259. The Morgan fingerprint density at radius 2 is 2.08 bits per heavy atom. The highest BCUT2D eigenvalue weighted by Gasteiger charge is 1.97. The van der Waals surface area contributed by atoms with Gasteiger partial charge in [-0.1, -0.05) is 31.7 Å². The van der Waals surface area contributed by atoms with Crippen LogP contribution in [0, 0.1) is 0 Å². The van der Waals surface area contributed by atoms with Crippen molar-refractivity contribution in [1.29, 1.82) is 0 Å². The second kappa shape index (κ2) is 5.30. The predicted octanol–water partition coefficient (Wildman–Crippen LogP) is 2.27. The van der Waals surface area contributed by atoms with Crippen molar-refractivity contribution < 1.29 is 9.31 Å². The molecule has 0 aliphatic carbocycles. The molecule has 68 valence electrons. The van der Waals surface area contributed by atoms with E-state index in [9.17, 15) is 0 Å². The van der Waals surface area contributed by atoms with Gasteiger partial charge in [-0.15, -0.1) is 0 Å². The van der Waals surface area contributed by atoms with Gasteiger partial charge in [0.1, 0.15) is 5.75 Å². The van der Waals surface area contributed by atoms with E-state index in [4.69, 9.17) is 9.31 Å². The van der Waals surface area contributed by atoms with Crippen LogP contribution in [-0.4, -0.2) is 7.69 Å². The lowest BCUT2D eigenvalue weighted by molar-refractivity contribution is 0.366. The molecule has 0 saturated carbocycles. The average Bonchev–Trinajstić information content (AvgIpc) is 2.19. The molecule has 0 saturated heterocycles. The molecule has 1 aromatic carbocycles. The van der Waals surface area contributed by atoms with Gasteiger partial charge < -0.3 is 9.31 Å². The largest absolute Gasteiger partial charge is 0.576 e. The van der Waals surface area contributed by atoms with Gasteiger partial charge in [0, 0.05) is 0 Å². The normalized spacial score (nSPS) is 9.00. The first-order valence-corrected chi connectivity index (χ1v) is 4.31. The quantitative estimate of drug-likeness (QED) is 0.506. The number of allylic oxidation sites excluding steroid dienone is 1. The molecule has 0 spiro atoms. The van der Waals surface area contributed by atoms with Gasteiger partial charge in [-0.3, -0.25) is 0 Å². The van der Waals surface area contributed by atoms with Gasteiger partial charge in [-0.05, 0) is 18.6 Å². The van der Waals surface area contributed by atoms with Gasteiger partial charge in [-0.2, -0.15) is 0 Å². The van der Waals surface area contributed by atoms with Crippen molar-refractivity contribution >= 4 is 7.69 Å². The van der Waals surface area contributed by atoms with E-state index in [0.717, 1.165) is 17.9 Å². The molecule has 0 fully saturated rings. The number of rotatable bonds is 5. The molecule has 13 heavy (non-hydrogen) atoms. The minimum absolute atomic E-state index is 0.233. The van der Waals surface area contributed by atoms with Crippen LogP contribution in [0.1, 0.15) is 13.3 Å². The summed E-state index contributed by atoms with van der Waals surface area (Å²) in [7, 11) is 0.233. The van der Waals surface area contributed by atoms with E-state index in [1.54, 1.807) is 0 Å². The maximum atomic E-state index is 5.30. The molecule has 1 rings (SSSR count). The van der Waals surface area contributed by atoms with E-state index >= 15 is 0 Å². The van der Waals surface area contributed by atoms with E-state index in [-0.39, 0.29) is 7.69 Å². The summed E-state index contributed by atoms with van der Waals surface area (Å²) in [5, 5.41) is 0. The molecule has 3 heteroatoms. The van der Waals surface area contributed by atoms with Crippen molar-refractivity contribution in [2.45, 2.75) is 13.3 Å². The third-order valence-corrected chi connectivity index (χ3v) is 1.63. The van der Waals surface area contributed by atoms with Crippen molar-refractivity contribution in [1.82, 2.24) is 0 Å². The molecule has 0 amide bonds. The fourth-order valence-corrected chi connectivity index (χ4v) is 0.800. The third kappa shape index (κ3) is 3.70. The SMILES string of the molecule is C=C(CC)OBOc1ccccc1. The summed E-state index contributed by atoms with van der Waals surface area (Å²) in [5.41, 5.74) is 0. The highest BCUT2D eigenvalue weighted by Crippen LogP contribution is 2.08. The second-order valence-electron chi connectivity index (χ2n) is 2.61. The molecule has 0 aliphatic heterocycles. The molecule has 0 bridgehead atoms. The molecule has 1 aromatic rings. The van der Waals surface area contributed by atoms with Gasteiger partial charge in [0.2, 0.25) is 0 Å². The van der Waals surface area contributed by atoms with Gasteiger partial charge in [0.05, 0.1) is 5.76 Å². The number of hydrogen-bond acceptors (Lipinski definition) is 2. The standard InChI is InChI=1S/C10H13BO2/c1-3-9(2)12-11-13-10-7-5-4-6-8-10/h4-8,11H,2-3H2,1H3. The highest BCUT2D eigenvalue weighted by atomic mass is 16.6. The lowest BCUT2D eigenvalue weighted by Crippen LogP contribution is -2.06. The Balaban J connectivity index is 2.24. The summed E-state index contributed by atoms with van der Waals surface area (Å²) in [6.45, 7) is 5.69. The summed E-state index contributed by atoms with van der Waals surface area (Å²) < 4.78 is 10.5. The topological polar surface area (TPSA) is 18.5 Å². The molecule has 0 atom stereocenters. The van der Waals surface area contributed by atoms with Crippen LogP contribution in [0.25, 0.3) is 0 Å². The Kier molecular flexibility index (Phi) is 3.96. The Labute approximate surface area is 79.5 Å². The minimum Gasteiger partial charge on any atom is -0.533 e. The maximum Gasteiger partial charge on any atom is 0.576 e. The van der Waals surface area contributed by atoms with Crippen molar-refractivity contribution in [2.24, 2.45) is 0 Å². The lowest BCUT2D eigenvalue weighted by atomic mass is 10.3. The van der Waals surface area contributed by atoms with Crippen LogP contribution in [0.2, 0.25) is 0 Å². The van der Waals surface area contributed by atoms with Gasteiger partial charge >= 0.3 is 7.69 Å². The molecule has 0 aliphatic rings. The predicted molar refractivity (Wildman–Crippen MR) is 54.7 cm³/mol. The van der Waals surface area contributed by atoms with E-state index in [1.807, 2.05) is 37.3 Å². The Morgan fingerprint density at radius 3 is 2.69 bits per heavy atom. The van der Waals surface area contributed by atoms with Gasteiger partial charge in [0.15, 0.2) is 0 Å². The molecule has 2 nitrogen and oxygen atoms in total. The zero-order valence-electron chi connectivity index (χ0n) is 7.82. The van der Waals surface area contributed by atoms with E-state index in [2.05, 4.69) is 6.58 Å². The summed E-state index contributed by atoms with van der Waals surface area (Å²) in [6, 6.07) is 9.56. The zero-order chi connectivity index (χ0) is 9.52. The first-order chi connectivity index (χ1) is 6.33. The minimum atomic E-state index is 0.233. The fourth-order valence-electron chi connectivity index (χ4n) is 0.800. The third-order valence-electron chi connectivity index (χ3n) is 1.63. The molecule has 0 unspecified atom stereocenters. The molecule has 0 aromatic heterocycles. The van der Waals surface area contributed by atoms with Gasteiger partial charge in [0.25, 0.3) is 0 Å². The molecule has 0 heterocycles. The van der Waals surface area contributed by atoms with Crippen LogP contribution in [0.15, 0.2) is 42.7 Å². The van der Waals surface area contributed by atoms with Crippen LogP contribution >= 0.6 is 0 Å². The Hall–Kier alpha value is -1.38. The fraction of sp³-hybridized carbons (Fsp3) is 0.200. The first kappa shape index (κ1) is 9.71. The maximum absolute atomic E-state index is 5.30. The summed E-state index contributed by atoms with van der Waals surface area (Å²) >= 11 is 0. The van der Waals surface area contributed by atoms with Gasteiger partial charge in [-0.25, -0.2) is 0 Å². The molecular formula is C10H13BO2.